The molecule has 0 aromatic carbocycles. The lowest BCUT2D eigenvalue weighted by atomic mass is 9.96. The maximum absolute atomic E-state index is 12.2. The Labute approximate surface area is 107 Å². The molecule has 2 fully saturated rings. The van der Waals surface area contributed by atoms with Crippen LogP contribution in [0.5, 0.6) is 0 Å². The monoisotopic (exact) mass is 255 g/mol. The van der Waals surface area contributed by atoms with Gasteiger partial charge >= 0.3 is 5.97 Å². The molecule has 1 amide bonds. The summed E-state index contributed by atoms with van der Waals surface area (Å²) in [7, 11) is 0. The third kappa shape index (κ3) is 2.83. The number of hydrogen-bond donors (Lipinski definition) is 1. The molecule has 0 radical (unpaired) electrons. The lowest BCUT2D eigenvalue weighted by Gasteiger charge is -2.31. The van der Waals surface area contributed by atoms with Crippen molar-refractivity contribution >= 4 is 11.9 Å². The van der Waals surface area contributed by atoms with Crippen molar-refractivity contribution in [2.75, 3.05) is 13.1 Å². The quantitative estimate of drug-likeness (QED) is 0.824. The summed E-state index contributed by atoms with van der Waals surface area (Å²) in [6.45, 7) is 3.16. The van der Waals surface area contributed by atoms with Gasteiger partial charge in [0.1, 0.15) is 6.10 Å². The second-order valence-corrected chi connectivity index (χ2v) is 5.17. The van der Waals surface area contributed by atoms with E-state index in [0.29, 0.717) is 25.9 Å². The average molecular weight is 255 g/mol. The standard InChI is InChI=1S/C13H21NO4/c1-2-10-3-4-11(18-10)12(15)14-7-5-9(6-8-14)13(16)17/h9-11H,2-8H2,1H3,(H,16,17). The Morgan fingerprint density at radius 1 is 1.22 bits per heavy atom. The van der Waals surface area contributed by atoms with Gasteiger partial charge in [0.2, 0.25) is 0 Å². The van der Waals surface area contributed by atoms with Crippen LogP contribution in [0.4, 0.5) is 0 Å². The van der Waals surface area contributed by atoms with Crippen molar-refractivity contribution in [2.45, 2.75) is 51.2 Å². The maximum atomic E-state index is 12.2. The van der Waals surface area contributed by atoms with Crippen LogP contribution in [0.2, 0.25) is 0 Å². The Hall–Kier alpha value is -1.10. The Morgan fingerprint density at radius 3 is 2.39 bits per heavy atom. The van der Waals surface area contributed by atoms with Crippen LogP contribution < -0.4 is 0 Å². The topological polar surface area (TPSA) is 66.8 Å². The number of piperidine rings is 1. The van der Waals surface area contributed by atoms with Gasteiger partial charge in [0.25, 0.3) is 5.91 Å². The summed E-state index contributed by atoms with van der Waals surface area (Å²) in [6.07, 6.45) is 3.75. The predicted molar refractivity (Wildman–Crippen MR) is 65.1 cm³/mol. The molecule has 0 aromatic heterocycles. The molecular formula is C13H21NO4. The van der Waals surface area contributed by atoms with E-state index in [9.17, 15) is 9.59 Å². The largest absolute Gasteiger partial charge is 0.481 e. The number of nitrogens with zero attached hydrogens (tertiary/aromatic N) is 1. The number of carboxylic acid groups (broad SMARTS) is 1. The minimum atomic E-state index is -0.745. The highest BCUT2D eigenvalue weighted by Crippen LogP contribution is 2.25. The molecule has 2 atom stereocenters. The number of ether oxygens (including phenoxy) is 1. The van der Waals surface area contributed by atoms with Crippen LogP contribution in [-0.2, 0) is 14.3 Å². The molecule has 0 aromatic rings. The Balaban J connectivity index is 1.83. The number of aliphatic carboxylic acids is 1. The molecule has 2 aliphatic rings. The highest BCUT2D eigenvalue weighted by atomic mass is 16.5. The van der Waals surface area contributed by atoms with Gasteiger partial charge in [-0.3, -0.25) is 9.59 Å². The number of carbonyl (C=O) groups is 2. The SMILES string of the molecule is CCC1CCC(C(=O)N2CCC(C(=O)O)CC2)O1. The zero-order valence-electron chi connectivity index (χ0n) is 10.8. The number of hydrogen-bond acceptors (Lipinski definition) is 3. The summed E-state index contributed by atoms with van der Waals surface area (Å²) in [5.41, 5.74) is 0. The third-order valence-electron chi connectivity index (χ3n) is 3.99. The fourth-order valence-corrected chi connectivity index (χ4v) is 2.74. The minimum absolute atomic E-state index is 0.0507. The third-order valence-corrected chi connectivity index (χ3v) is 3.99. The van der Waals surface area contributed by atoms with Crippen LogP contribution >= 0.6 is 0 Å². The van der Waals surface area contributed by atoms with Gasteiger partial charge in [-0.05, 0) is 32.1 Å². The van der Waals surface area contributed by atoms with E-state index in [1.807, 2.05) is 0 Å². The Bertz CT molecular complexity index is 323. The van der Waals surface area contributed by atoms with Gasteiger partial charge in [-0.1, -0.05) is 6.92 Å². The van der Waals surface area contributed by atoms with Crippen molar-refractivity contribution < 1.29 is 19.4 Å². The van der Waals surface area contributed by atoms with E-state index < -0.39 is 5.97 Å². The second kappa shape index (κ2) is 5.69. The lowest BCUT2D eigenvalue weighted by Crippen LogP contribution is -2.45. The van der Waals surface area contributed by atoms with Crippen molar-refractivity contribution in [3.63, 3.8) is 0 Å². The fourth-order valence-electron chi connectivity index (χ4n) is 2.74. The van der Waals surface area contributed by atoms with E-state index in [-0.39, 0.29) is 24.0 Å². The summed E-state index contributed by atoms with van der Waals surface area (Å²) < 4.78 is 5.69. The summed E-state index contributed by atoms with van der Waals surface area (Å²) in [5.74, 6) is -0.984. The summed E-state index contributed by atoms with van der Waals surface area (Å²) in [5, 5.41) is 8.91. The van der Waals surface area contributed by atoms with Crippen molar-refractivity contribution in [2.24, 2.45) is 5.92 Å². The van der Waals surface area contributed by atoms with Crippen molar-refractivity contribution in [3.8, 4) is 0 Å². The van der Waals surface area contributed by atoms with Gasteiger partial charge in [0.15, 0.2) is 0 Å². The Morgan fingerprint density at radius 2 is 1.89 bits per heavy atom. The van der Waals surface area contributed by atoms with E-state index >= 15 is 0 Å². The average Bonchev–Trinajstić information content (AvgIpc) is 2.86. The maximum Gasteiger partial charge on any atom is 0.306 e. The van der Waals surface area contributed by atoms with Crippen molar-refractivity contribution in [1.82, 2.24) is 4.90 Å². The molecule has 5 nitrogen and oxygen atoms in total. The Kier molecular flexibility index (Phi) is 4.22. The lowest BCUT2D eigenvalue weighted by molar-refractivity contribution is -0.149. The van der Waals surface area contributed by atoms with Crippen LogP contribution in [-0.4, -0.2) is 47.2 Å². The number of rotatable bonds is 3. The second-order valence-electron chi connectivity index (χ2n) is 5.17. The molecule has 0 spiro atoms. The molecular weight excluding hydrogens is 234 g/mol. The first-order valence-corrected chi connectivity index (χ1v) is 6.79. The van der Waals surface area contributed by atoms with Gasteiger partial charge in [-0.15, -0.1) is 0 Å². The van der Waals surface area contributed by atoms with Crippen molar-refractivity contribution in [3.05, 3.63) is 0 Å². The van der Waals surface area contributed by atoms with E-state index in [1.165, 1.54) is 0 Å². The first-order valence-electron chi connectivity index (χ1n) is 6.79. The first-order chi connectivity index (χ1) is 8.61. The summed E-state index contributed by atoms with van der Waals surface area (Å²) in [4.78, 5) is 24.8. The molecule has 18 heavy (non-hydrogen) atoms. The van der Waals surface area contributed by atoms with Crippen LogP contribution in [0, 0.1) is 5.92 Å². The van der Waals surface area contributed by atoms with Crippen molar-refractivity contribution in [1.29, 1.82) is 0 Å². The van der Waals surface area contributed by atoms with E-state index in [0.717, 1.165) is 19.3 Å². The van der Waals surface area contributed by atoms with Gasteiger partial charge in [0.05, 0.1) is 12.0 Å². The normalized spacial score (nSPS) is 29.5. The molecule has 0 saturated carbocycles. The molecule has 2 unspecified atom stereocenters. The fraction of sp³-hybridized carbons (Fsp3) is 0.846. The number of likely N-dealkylation sites (tertiary alicyclic amines) is 1. The summed E-state index contributed by atoms with van der Waals surface area (Å²) >= 11 is 0. The smallest absolute Gasteiger partial charge is 0.306 e. The van der Waals surface area contributed by atoms with E-state index in [1.54, 1.807) is 4.90 Å². The van der Waals surface area contributed by atoms with Crippen LogP contribution in [0.3, 0.4) is 0 Å². The van der Waals surface area contributed by atoms with Crippen LogP contribution in [0.1, 0.15) is 39.0 Å². The zero-order valence-corrected chi connectivity index (χ0v) is 10.8. The molecule has 5 heteroatoms. The number of carboxylic acids is 1. The number of amides is 1. The highest BCUT2D eigenvalue weighted by Gasteiger charge is 2.35. The molecule has 0 bridgehead atoms. The molecule has 1 N–H and O–H groups in total. The van der Waals surface area contributed by atoms with Crippen LogP contribution in [0.15, 0.2) is 0 Å². The zero-order chi connectivity index (χ0) is 13.1. The van der Waals surface area contributed by atoms with Gasteiger partial charge in [0, 0.05) is 13.1 Å². The highest BCUT2D eigenvalue weighted by molar-refractivity contribution is 5.81. The molecule has 2 saturated heterocycles. The predicted octanol–water partition coefficient (Wildman–Crippen LogP) is 1.27. The van der Waals surface area contributed by atoms with Gasteiger partial charge < -0.3 is 14.7 Å². The summed E-state index contributed by atoms with van der Waals surface area (Å²) in [6, 6.07) is 0. The molecule has 2 heterocycles. The van der Waals surface area contributed by atoms with Gasteiger partial charge in [-0.25, -0.2) is 0 Å². The molecule has 2 aliphatic heterocycles. The molecule has 0 aliphatic carbocycles. The minimum Gasteiger partial charge on any atom is -0.481 e. The van der Waals surface area contributed by atoms with E-state index in [4.69, 9.17) is 9.84 Å². The number of carbonyl (C=O) groups excluding carboxylic acids is 1. The van der Waals surface area contributed by atoms with E-state index in [2.05, 4.69) is 6.92 Å². The molecule has 2 rings (SSSR count). The molecule has 102 valence electrons. The van der Waals surface area contributed by atoms with Gasteiger partial charge in [-0.2, -0.15) is 0 Å². The van der Waals surface area contributed by atoms with Crippen LogP contribution in [0.25, 0.3) is 0 Å². The first kappa shape index (κ1) is 13.3.